The van der Waals surface area contributed by atoms with Gasteiger partial charge in [0, 0.05) is 10.1 Å². The first-order valence-electron chi connectivity index (χ1n) is 10.1. The summed E-state index contributed by atoms with van der Waals surface area (Å²) in [6.07, 6.45) is -3.03. The first kappa shape index (κ1) is 22.3. The largest absolute Gasteiger partial charge is 0.387 e. The van der Waals surface area contributed by atoms with Gasteiger partial charge >= 0.3 is 0 Å². The van der Waals surface area contributed by atoms with E-state index in [0.29, 0.717) is 30.1 Å². The van der Waals surface area contributed by atoms with Crippen molar-refractivity contribution in [3.05, 3.63) is 50.8 Å². The highest BCUT2D eigenvalue weighted by atomic mass is 127. The molecule has 33 heavy (non-hydrogen) atoms. The summed E-state index contributed by atoms with van der Waals surface area (Å²) in [6.45, 7) is 2.88. The second-order valence-electron chi connectivity index (χ2n) is 7.41. The van der Waals surface area contributed by atoms with Crippen molar-refractivity contribution in [1.82, 2.24) is 39.7 Å². The van der Waals surface area contributed by atoms with E-state index in [1.54, 1.807) is 0 Å². The normalized spacial score (nSPS) is 22.8. The summed E-state index contributed by atoms with van der Waals surface area (Å²) in [6, 6.07) is 8.04. The Morgan fingerprint density at radius 3 is 2.85 bits per heavy atom. The Hall–Kier alpha value is -2.46. The van der Waals surface area contributed by atoms with E-state index in [4.69, 9.17) is 16.3 Å². The van der Waals surface area contributed by atoms with Crippen LogP contribution in [0.5, 0.6) is 0 Å². The number of rotatable bonds is 6. The highest BCUT2D eigenvalue weighted by Gasteiger charge is 2.47. The van der Waals surface area contributed by atoms with Crippen LogP contribution in [0.25, 0.3) is 11.2 Å². The zero-order valence-electron chi connectivity index (χ0n) is 17.2. The summed E-state index contributed by atoms with van der Waals surface area (Å²) in [4.78, 5) is 14.3. The van der Waals surface area contributed by atoms with Gasteiger partial charge in [0.1, 0.15) is 12.2 Å². The standard InChI is InChI=1S/C19H19ClIN9O3/c1-2-30-27-16(26-28-30)14-12(31)13(32)18(33-14)29-8-23-11-15(24-19(20)25-17(11)29)22-7-9-4-3-5-10(21)6-9/h3-6,8,12-14,18,31-32H,2,7H2,1H3,(H,22,24,25)/t12-,13+,14-,18+/m0/s1. The fourth-order valence-corrected chi connectivity index (χ4v) is 4.41. The van der Waals surface area contributed by atoms with Crippen LogP contribution in [0.1, 0.15) is 30.6 Å². The van der Waals surface area contributed by atoms with Gasteiger partial charge in [-0.2, -0.15) is 14.8 Å². The number of aryl methyl sites for hydroxylation is 1. The molecular weight excluding hydrogens is 565 g/mol. The predicted molar refractivity (Wildman–Crippen MR) is 125 cm³/mol. The van der Waals surface area contributed by atoms with Gasteiger partial charge in [-0.05, 0) is 64.0 Å². The second-order valence-corrected chi connectivity index (χ2v) is 9.00. The van der Waals surface area contributed by atoms with Crippen molar-refractivity contribution in [2.45, 2.75) is 44.6 Å². The van der Waals surface area contributed by atoms with Gasteiger partial charge in [-0.3, -0.25) is 4.57 Å². The number of aliphatic hydroxyl groups excluding tert-OH is 2. The number of aromatic nitrogens is 8. The smallest absolute Gasteiger partial charge is 0.226 e. The Morgan fingerprint density at radius 2 is 2.09 bits per heavy atom. The average molecular weight is 584 g/mol. The summed E-state index contributed by atoms with van der Waals surface area (Å²) in [5.74, 6) is 0.627. The van der Waals surface area contributed by atoms with E-state index in [9.17, 15) is 10.2 Å². The molecule has 1 fully saturated rings. The zero-order valence-corrected chi connectivity index (χ0v) is 20.2. The highest BCUT2D eigenvalue weighted by Crippen LogP contribution is 2.39. The third-order valence-electron chi connectivity index (χ3n) is 5.26. The molecule has 172 valence electrons. The molecule has 0 unspecified atom stereocenters. The van der Waals surface area contributed by atoms with Crippen LogP contribution in [0.2, 0.25) is 5.28 Å². The topological polar surface area (TPSA) is 149 Å². The Bertz CT molecular complexity index is 1300. The predicted octanol–water partition coefficient (Wildman–Crippen LogP) is 1.69. The van der Waals surface area contributed by atoms with Crippen LogP contribution in [0.3, 0.4) is 0 Å². The third-order valence-corrected chi connectivity index (χ3v) is 6.10. The number of aliphatic hydroxyl groups is 2. The lowest BCUT2D eigenvalue weighted by molar-refractivity contribution is -0.0384. The average Bonchev–Trinajstić information content (AvgIpc) is 3.51. The number of nitrogens with zero attached hydrogens (tertiary/aromatic N) is 8. The van der Waals surface area contributed by atoms with Crippen molar-refractivity contribution in [3.8, 4) is 0 Å². The molecule has 4 atom stereocenters. The summed E-state index contributed by atoms with van der Waals surface area (Å²) in [7, 11) is 0. The molecule has 0 spiro atoms. The number of anilines is 1. The number of hydrogen-bond donors (Lipinski definition) is 3. The summed E-state index contributed by atoms with van der Waals surface area (Å²) in [5.41, 5.74) is 1.87. The van der Waals surface area contributed by atoms with Crippen LogP contribution in [0.4, 0.5) is 5.82 Å². The number of imidazole rings is 1. The fraction of sp³-hybridized carbons (Fsp3) is 0.368. The van der Waals surface area contributed by atoms with E-state index in [0.717, 1.165) is 9.13 Å². The van der Waals surface area contributed by atoms with Gasteiger partial charge in [0.25, 0.3) is 0 Å². The molecule has 0 aliphatic carbocycles. The first-order valence-corrected chi connectivity index (χ1v) is 11.6. The van der Waals surface area contributed by atoms with Crippen LogP contribution in [0, 0.1) is 3.57 Å². The van der Waals surface area contributed by atoms with Gasteiger partial charge in [0.05, 0.1) is 12.9 Å². The molecule has 1 saturated heterocycles. The van der Waals surface area contributed by atoms with E-state index < -0.39 is 24.5 Å². The van der Waals surface area contributed by atoms with Crippen molar-refractivity contribution >= 4 is 51.2 Å². The molecule has 0 amide bonds. The number of hydrogen-bond acceptors (Lipinski definition) is 10. The highest BCUT2D eigenvalue weighted by molar-refractivity contribution is 14.1. The molecule has 1 aliphatic heterocycles. The Kier molecular flexibility index (Phi) is 6.13. The maximum absolute atomic E-state index is 10.7. The monoisotopic (exact) mass is 583 g/mol. The Labute approximate surface area is 206 Å². The van der Waals surface area contributed by atoms with E-state index in [2.05, 4.69) is 64.3 Å². The molecular formula is C19H19ClIN9O3. The molecule has 4 aromatic rings. The van der Waals surface area contributed by atoms with Gasteiger partial charge in [0.15, 0.2) is 29.3 Å². The molecule has 0 radical (unpaired) electrons. The van der Waals surface area contributed by atoms with Gasteiger partial charge in [-0.25, -0.2) is 4.98 Å². The van der Waals surface area contributed by atoms with Gasteiger partial charge in [0.2, 0.25) is 11.1 Å². The van der Waals surface area contributed by atoms with E-state index in [1.165, 1.54) is 15.7 Å². The van der Waals surface area contributed by atoms with Crippen LogP contribution < -0.4 is 5.32 Å². The molecule has 12 nitrogen and oxygen atoms in total. The molecule has 0 saturated carbocycles. The minimum absolute atomic E-state index is 0.00605. The summed E-state index contributed by atoms with van der Waals surface area (Å²) >= 11 is 8.44. The van der Waals surface area contributed by atoms with Gasteiger partial charge in [-0.1, -0.05) is 12.1 Å². The number of halogens is 2. The lowest BCUT2D eigenvalue weighted by atomic mass is 10.1. The molecule has 0 bridgehead atoms. The minimum atomic E-state index is -1.28. The Morgan fingerprint density at radius 1 is 1.24 bits per heavy atom. The summed E-state index contributed by atoms with van der Waals surface area (Å²) in [5, 5.41) is 36.5. The molecule has 4 heterocycles. The first-order chi connectivity index (χ1) is 15.9. The molecule has 5 rings (SSSR count). The molecule has 1 aliphatic rings. The van der Waals surface area contributed by atoms with Crippen LogP contribution in [0.15, 0.2) is 30.6 Å². The van der Waals surface area contributed by atoms with Crippen LogP contribution in [-0.2, 0) is 17.8 Å². The quantitative estimate of drug-likeness (QED) is 0.226. The maximum Gasteiger partial charge on any atom is 0.226 e. The minimum Gasteiger partial charge on any atom is -0.387 e. The number of ether oxygens (including phenoxy) is 1. The third kappa shape index (κ3) is 4.26. The number of tetrazole rings is 1. The van der Waals surface area contributed by atoms with Gasteiger partial charge in [-0.15, -0.1) is 10.2 Å². The molecule has 3 aromatic heterocycles. The fourth-order valence-electron chi connectivity index (χ4n) is 3.64. The summed E-state index contributed by atoms with van der Waals surface area (Å²) < 4.78 is 8.56. The molecule has 3 N–H and O–H groups in total. The van der Waals surface area contributed by atoms with Crippen molar-refractivity contribution in [2.75, 3.05) is 5.32 Å². The van der Waals surface area contributed by atoms with Gasteiger partial charge < -0.3 is 20.3 Å². The number of nitrogens with one attached hydrogen (secondary N) is 1. The SMILES string of the molecule is CCn1nnc([C@H]2O[C@@H](n3cnc4c(NCc5cccc(I)c5)nc(Cl)nc43)[C@H](O)[C@@H]2O)n1. The molecule has 14 heteroatoms. The van der Waals surface area contributed by atoms with E-state index in [-0.39, 0.29) is 11.1 Å². The van der Waals surface area contributed by atoms with Crippen molar-refractivity contribution in [2.24, 2.45) is 0 Å². The lowest BCUT2D eigenvalue weighted by Crippen LogP contribution is -2.29. The van der Waals surface area contributed by atoms with Crippen molar-refractivity contribution in [1.29, 1.82) is 0 Å². The van der Waals surface area contributed by atoms with Crippen molar-refractivity contribution in [3.63, 3.8) is 0 Å². The second kappa shape index (κ2) is 9.06. The molecule has 1 aromatic carbocycles. The maximum atomic E-state index is 10.7. The number of fused-ring (bicyclic) bond motifs is 1. The van der Waals surface area contributed by atoms with E-state index in [1.807, 2.05) is 25.1 Å². The number of benzene rings is 1. The van der Waals surface area contributed by atoms with Crippen LogP contribution >= 0.6 is 34.2 Å². The Balaban J connectivity index is 1.44. The lowest BCUT2D eigenvalue weighted by Gasteiger charge is -2.16. The zero-order chi connectivity index (χ0) is 23.1. The van der Waals surface area contributed by atoms with E-state index >= 15 is 0 Å². The van der Waals surface area contributed by atoms with Crippen LogP contribution in [-0.4, -0.2) is 62.1 Å². The van der Waals surface area contributed by atoms with Crippen molar-refractivity contribution < 1.29 is 14.9 Å².